The molecule has 0 radical (unpaired) electrons. The summed E-state index contributed by atoms with van der Waals surface area (Å²) in [5, 5.41) is 12.2. The van der Waals surface area contributed by atoms with Gasteiger partial charge in [-0.25, -0.2) is 0 Å². The molecule has 0 aromatic carbocycles. The molecule has 3 heteroatoms. The normalized spacial score (nSPS) is 19.7. The minimum absolute atomic E-state index is 0.0633. The zero-order valence-electron chi connectivity index (χ0n) is 8.63. The number of aliphatic hydroxyl groups is 1. The van der Waals surface area contributed by atoms with Gasteiger partial charge in [-0.05, 0) is 39.5 Å². The highest BCUT2D eigenvalue weighted by molar-refractivity contribution is 5.77. The van der Waals surface area contributed by atoms with Crippen molar-refractivity contribution in [2.24, 2.45) is 5.92 Å². The number of carbonyl (C=O) groups is 1. The third kappa shape index (κ3) is 3.35. The molecule has 0 aliphatic heterocycles. The van der Waals surface area contributed by atoms with Gasteiger partial charge in [-0.15, -0.1) is 0 Å². The summed E-state index contributed by atoms with van der Waals surface area (Å²) in [4.78, 5) is 11.4. The van der Waals surface area contributed by atoms with E-state index in [0.29, 0.717) is 12.3 Å². The van der Waals surface area contributed by atoms with Crippen LogP contribution in [-0.2, 0) is 4.79 Å². The van der Waals surface area contributed by atoms with Gasteiger partial charge in [0.15, 0.2) is 0 Å². The second-order valence-corrected chi connectivity index (χ2v) is 4.59. The molecule has 0 heterocycles. The number of hydrogen-bond donors (Lipinski definition) is 2. The number of rotatable bonds is 4. The molecule has 0 aromatic rings. The van der Waals surface area contributed by atoms with Gasteiger partial charge in [0.05, 0.1) is 11.6 Å². The Hall–Kier alpha value is -0.570. The number of aliphatic hydroxyl groups excluding tert-OH is 1. The highest BCUT2D eigenvalue weighted by atomic mass is 16.3. The maximum Gasteiger partial charge on any atom is 0.220 e. The standard InChI is InChI=1S/C10H19NO2/c1-7(12)10(2,3)11-9(13)6-8-4-5-8/h7-8,12H,4-6H2,1-3H3,(H,11,13). The van der Waals surface area contributed by atoms with Crippen LogP contribution in [0.3, 0.4) is 0 Å². The Bertz CT molecular complexity index is 195. The van der Waals surface area contributed by atoms with E-state index in [1.54, 1.807) is 6.92 Å². The lowest BCUT2D eigenvalue weighted by molar-refractivity contribution is -0.124. The average molecular weight is 185 g/mol. The third-order valence-electron chi connectivity index (χ3n) is 2.68. The van der Waals surface area contributed by atoms with Crippen LogP contribution < -0.4 is 5.32 Å². The lowest BCUT2D eigenvalue weighted by atomic mass is 9.98. The predicted molar refractivity (Wildman–Crippen MR) is 51.2 cm³/mol. The lowest BCUT2D eigenvalue weighted by Gasteiger charge is -2.29. The van der Waals surface area contributed by atoms with Gasteiger partial charge >= 0.3 is 0 Å². The van der Waals surface area contributed by atoms with Crippen LogP contribution in [0.5, 0.6) is 0 Å². The van der Waals surface area contributed by atoms with E-state index in [1.165, 1.54) is 12.8 Å². The molecule has 0 bridgehead atoms. The van der Waals surface area contributed by atoms with Crippen molar-refractivity contribution in [3.63, 3.8) is 0 Å². The van der Waals surface area contributed by atoms with Crippen molar-refractivity contribution in [2.45, 2.75) is 51.7 Å². The van der Waals surface area contributed by atoms with E-state index in [9.17, 15) is 9.90 Å². The number of nitrogens with one attached hydrogen (secondary N) is 1. The van der Waals surface area contributed by atoms with E-state index in [-0.39, 0.29) is 5.91 Å². The van der Waals surface area contributed by atoms with Gasteiger partial charge in [-0.2, -0.15) is 0 Å². The van der Waals surface area contributed by atoms with Gasteiger partial charge in [0.25, 0.3) is 0 Å². The monoisotopic (exact) mass is 185 g/mol. The van der Waals surface area contributed by atoms with Crippen LogP contribution in [0.25, 0.3) is 0 Å². The van der Waals surface area contributed by atoms with Crippen LogP contribution >= 0.6 is 0 Å². The number of carbonyl (C=O) groups excluding carboxylic acids is 1. The number of amides is 1. The fourth-order valence-corrected chi connectivity index (χ4v) is 1.10. The lowest BCUT2D eigenvalue weighted by Crippen LogP contribution is -2.51. The molecule has 1 rings (SSSR count). The maximum atomic E-state index is 11.4. The van der Waals surface area contributed by atoms with Gasteiger partial charge in [0, 0.05) is 6.42 Å². The predicted octanol–water partition coefficient (Wildman–Crippen LogP) is 1.06. The van der Waals surface area contributed by atoms with E-state index in [0.717, 1.165) is 0 Å². The van der Waals surface area contributed by atoms with E-state index in [1.807, 2.05) is 13.8 Å². The van der Waals surface area contributed by atoms with E-state index in [2.05, 4.69) is 5.32 Å². The topological polar surface area (TPSA) is 49.3 Å². The Morgan fingerprint density at radius 1 is 1.62 bits per heavy atom. The van der Waals surface area contributed by atoms with Crippen molar-refractivity contribution in [2.75, 3.05) is 0 Å². The first-order chi connectivity index (χ1) is 5.92. The molecule has 1 aliphatic carbocycles. The average Bonchev–Trinajstić information content (AvgIpc) is 2.69. The van der Waals surface area contributed by atoms with Crippen molar-refractivity contribution in [1.29, 1.82) is 0 Å². The Morgan fingerprint density at radius 2 is 2.15 bits per heavy atom. The van der Waals surface area contributed by atoms with Crippen molar-refractivity contribution in [3.8, 4) is 0 Å². The largest absolute Gasteiger partial charge is 0.391 e. The quantitative estimate of drug-likeness (QED) is 0.688. The summed E-state index contributed by atoms with van der Waals surface area (Å²) in [6.07, 6.45) is 2.47. The second kappa shape index (κ2) is 3.66. The summed E-state index contributed by atoms with van der Waals surface area (Å²) < 4.78 is 0. The molecule has 1 amide bonds. The molecule has 1 unspecified atom stereocenters. The third-order valence-corrected chi connectivity index (χ3v) is 2.68. The molecule has 76 valence electrons. The van der Waals surface area contributed by atoms with Gasteiger partial charge in [-0.3, -0.25) is 4.79 Å². The zero-order chi connectivity index (χ0) is 10.1. The van der Waals surface area contributed by atoms with Crippen molar-refractivity contribution in [3.05, 3.63) is 0 Å². The molecule has 0 spiro atoms. The summed E-state index contributed by atoms with van der Waals surface area (Å²) in [5.74, 6) is 0.665. The molecule has 0 saturated heterocycles. The molecule has 0 aromatic heterocycles. The highest BCUT2D eigenvalue weighted by Crippen LogP contribution is 2.32. The molecule has 1 fully saturated rings. The van der Waals surface area contributed by atoms with Gasteiger partial charge in [0.2, 0.25) is 5.91 Å². The summed E-state index contributed by atoms with van der Waals surface area (Å²) in [6.45, 7) is 5.36. The highest BCUT2D eigenvalue weighted by Gasteiger charge is 2.29. The summed E-state index contributed by atoms with van der Waals surface area (Å²) in [7, 11) is 0. The van der Waals surface area contributed by atoms with Gasteiger partial charge in [0.1, 0.15) is 0 Å². The summed E-state index contributed by atoms with van der Waals surface area (Å²) >= 11 is 0. The van der Waals surface area contributed by atoms with Crippen LogP contribution in [0, 0.1) is 5.92 Å². The first-order valence-corrected chi connectivity index (χ1v) is 4.91. The molecule has 1 aliphatic rings. The van der Waals surface area contributed by atoms with Crippen LogP contribution in [0.4, 0.5) is 0 Å². The molecule has 1 atom stereocenters. The van der Waals surface area contributed by atoms with Crippen LogP contribution in [0.1, 0.15) is 40.0 Å². The molecular weight excluding hydrogens is 166 g/mol. The fourth-order valence-electron chi connectivity index (χ4n) is 1.10. The smallest absolute Gasteiger partial charge is 0.220 e. The van der Waals surface area contributed by atoms with Crippen molar-refractivity contribution < 1.29 is 9.90 Å². The molecule has 2 N–H and O–H groups in total. The second-order valence-electron chi connectivity index (χ2n) is 4.59. The van der Waals surface area contributed by atoms with Crippen LogP contribution in [0.15, 0.2) is 0 Å². The minimum atomic E-state index is -0.518. The van der Waals surface area contributed by atoms with Gasteiger partial charge < -0.3 is 10.4 Å². The SMILES string of the molecule is CC(O)C(C)(C)NC(=O)CC1CC1. The first-order valence-electron chi connectivity index (χ1n) is 4.91. The minimum Gasteiger partial charge on any atom is -0.391 e. The molecule has 13 heavy (non-hydrogen) atoms. The Morgan fingerprint density at radius 3 is 2.54 bits per heavy atom. The Kier molecular flexibility index (Phi) is 2.96. The fraction of sp³-hybridized carbons (Fsp3) is 0.900. The summed E-state index contributed by atoms with van der Waals surface area (Å²) in [6, 6.07) is 0. The zero-order valence-corrected chi connectivity index (χ0v) is 8.63. The van der Waals surface area contributed by atoms with Crippen molar-refractivity contribution >= 4 is 5.91 Å². The molecule has 1 saturated carbocycles. The molecule has 3 nitrogen and oxygen atoms in total. The van der Waals surface area contributed by atoms with E-state index >= 15 is 0 Å². The van der Waals surface area contributed by atoms with E-state index < -0.39 is 11.6 Å². The molecular formula is C10H19NO2. The summed E-state index contributed by atoms with van der Waals surface area (Å²) in [5.41, 5.74) is -0.508. The van der Waals surface area contributed by atoms with E-state index in [4.69, 9.17) is 0 Å². The Balaban J connectivity index is 2.32. The Labute approximate surface area is 79.5 Å². The van der Waals surface area contributed by atoms with Gasteiger partial charge in [-0.1, -0.05) is 0 Å². The van der Waals surface area contributed by atoms with Crippen LogP contribution in [0.2, 0.25) is 0 Å². The van der Waals surface area contributed by atoms with Crippen LogP contribution in [-0.4, -0.2) is 22.7 Å². The number of hydrogen-bond acceptors (Lipinski definition) is 2. The van der Waals surface area contributed by atoms with Crippen molar-refractivity contribution in [1.82, 2.24) is 5.32 Å². The maximum absolute atomic E-state index is 11.4. The first kappa shape index (κ1) is 10.5.